The van der Waals surface area contributed by atoms with E-state index in [9.17, 15) is 13.6 Å². The van der Waals surface area contributed by atoms with Crippen molar-refractivity contribution in [3.05, 3.63) is 47.8 Å². The zero-order valence-electron chi connectivity index (χ0n) is 13.2. The van der Waals surface area contributed by atoms with Crippen molar-refractivity contribution >= 4 is 11.6 Å². The van der Waals surface area contributed by atoms with Crippen LogP contribution in [0.15, 0.2) is 30.6 Å². The minimum atomic E-state index is -0.727. The fourth-order valence-corrected chi connectivity index (χ4v) is 2.73. The zero-order chi connectivity index (χ0) is 16.9. The molecule has 7 heteroatoms. The summed E-state index contributed by atoms with van der Waals surface area (Å²) in [4.78, 5) is 12.0. The highest BCUT2D eigenvalue weighted by molar-refractivity contribution is 5.92. The molecule has 2 heterocycles. The first-order valence-corrected chi connectivity index (χ1v) is 7.98. The van der Waals surface area contributed by atoms with Gasteiger partial charge in [0.05, 0.1) is 31.0 Å². The van der Waals surface area contributed by atoms with Gasteiger partial charge >= 0.3 is 0 Å². The molecule has 1 fully saturated rings. The van der Waals surface area contributed by atoms with E-state index in [4.69, 9.17) is 4.74 Å². The molecule has 1 N–H and O–H groups in total. The number of benzene rings is 1. The third-order valence-corrected chi connectivity index (χ3v) is 3.95. The van der Waals surface area contributed by atoms with Crippen LogP contribution >= 0.6 is 0 Å². The molecule has 1 aromatic carbocycles. The number of aromatic nitrogens is 2. The monoisotopic (exact) mass is 335 g/mol. The van der Waals surface area contributed by atoms with E-state index < -0.39 is 11.6 Å². The second-order valence-corrected chi connectivity index (χ2v) is 5.90. The molecule has 1 aliphatic rings. The van der Waals surface area contributed by atoms with Gasteiger partial charge in [-0.1, -0.05) is 6.07 Å². The maximum Gasteiger partial charge on any atom is 0.228 e. The highest BCUT2D eigenvalue weighted by Gasteiger charge is 2.15. The Morgan fingerprint density at radius 2 is 2.25 bits per heavy atom. The van der Waals surface area contributed by atoms with Crippen LogP contribution in [0.3, 0.4) is 0 Å². The molecule has 1 saturated heterocycles. The molecule has 2 aromatic rings. The molecule has 5 nitrogen and oxygen atoms in total. The Bertz CT molecular complexity index is 712. The molecular formula is C17H19F2N3O2. The summed E-state index contributed by atoms with van der Waals surface area (Å²) in [5.74, 6) is -1.77. The van der Waals surface area contributed by atoms with Gasteiger partial charge < -0.3 is 10.1 Å². The minimum absolute atomic E-state index is 0.149. The van der Waals surface area contributed by atoms with Crippen LogP contribution in [0, 0.1) is 11.6 Å². The van der Waals surface area contributed by atoms with E-state index in [1.54, 1.807) is 17.1 Å². The molecule has 1 aliphatic heterocycles. The number of carbonyl (C=O) groups excluding carboxylic acids is 1. The molecule has 0 radical (unpaired) electrons. The molecule has 0 saturated carbocycles. The Balaban J connectivity index is 1.54. The first-order valence-electron chi connectivity index (χ1n) is 7.98. The smallest absolute Gasteiger partial charge is 0.228 e. The van der Waals surface area contributed by atoms with Gasteiger partial charge in [-0.2, -0.15) is 5.10 Å². The normalized spacial score (nSPS) is 17.7. The van der Waals surface area contributed by atoms with E-state index in [0.29, 0.717) is 12.2 Å². The number of hydrogen-bond donors (Lipinski definition) is 1. The number of carbonyl (C=O) groups is 1. The number of amides is 1. The topological polar surface area (TPSA) is 56.2 Å². The first-order chi connectivity index (χ1) is 11.6. The molecule has 0 bridgehead atoms. The van der Waals surface area contributed by atoms with Gasteiger partial charge in [0.2, 0.25) is 5.91 Å². The van der Waals surface area contributed by atoms with Gasteiger partial charge in [0.1, 0.15) is 11.6 Å². The average Bonchev–Trinajstić information content (AvgIpc) is 2.98. The summed E-state index contributed by atoms with van der Waals surface area (Å²) < 4.78 is 33.8. The summed E-state index contributed by atoms with van der Waals surface area (Å²) in [6, 6.07) is 3.17. The van der Waals surface area contributed by atoms with Crippen molar-refractivity contribution in [1.82, 2.24) is 9.78 Å². The Morgan fingerprint density at radius 3 is 3.00 bits per heavy atom. The SMILES string of the molecule is O=C(Cc1ccc(F)cc1F)Nc1cnn(C[C@H]2CCCCO2)c1. The van der Waals surface area contributed by atoms with E-state index in [1.165, 1.54) is 6.07 Å². The number of anilines is 1. The molecule has 1 amide bonds. The van der Waals surface area contributed by atoms with Gasteiger partial charge in [-0.05, 0) is 30.9 Å². The number of nitrogens with zero attached hydrogens (tertiary/aromatic N) is 2. The number of hydrogen-bond acceptors (Lipinski definition) is 3. The second-order valence-electron chi connectivity index (χ2n) is 5.90. The Labute approximate surface area is 138 Å². The molecule has 1 aromatic heterocycles. The average molecular weight is 335 g/mol. The largest absolute Gasteiger partial charge is 0.376 e. The quantitative estimate of drug-likeness (QED) is 0.914. The van der Waals surface area contributed by atoms with Crippen molar-refractivity contribution in [2.75, 3.05) is 11.9 Å². The lowest BCUT2D eigenvalue weighted by Gasteiger charge is -2.22. The van der Waals surface area contributed by atoms with Crippen LogP contribution < -0.4 is 5.32 Å². The summed E-state index contributed by atoms with van der Waals surface area (Å²) >= 11 is 0. The lowest BCUT2D eigenvalue weighted by Crippen LogP contribution is -2.24. The van der Waals surface area contributed by atoms with Crippen LogP contribution in [-0.2, 0) is 22.5 Å². The third kappa shape index (κ3) is 4.38. The summed E-state index contributed by atoms with van der Waals surface area (Å²) in [6.07, 6.45) is 6.50. The van der Waals surface area contributed by atoms with Crippen LogP contribution in [0.5, 0.6) is 0 Å². The molecule has 24 heavy (non-hydrogen) atoms. The predicted octanol–water partition coefficient (Wildman–Crippen LogP) is 2.91. The minimum Gasteiger partial charge on any atom is -0.376 e. The standard InChI is InChI=1S/C17H19F2N3O2/c18-13-5-4-12(16(19)8-13)7-17(23)21-14-9-20-22(10-14)11-15-3-1-2-6-24-15/h4-5,8-10,15H,1-3,6-7,11H2,(H,21,23)/t15-/m1/s1. The highest BCUT2D eigenvalue weighted by atomic mass is 19.1. The van der Waals surface area contributed by atoms with Crippen LogP contribution in [0.1, 0.15) is 24.8 Å². The van der Waals surface area contributed by atoms with Gasteiger partial charge in [-0.25, -0.2) is 8.78 Å². The molecule has 0 aliphatic carbocycles. The van der Waals surface area contributed by atoms with Gasteiger partial charge in [0, 0.05) is 18.9 Å². The lowest BCUT2D eigenvalue weighted by atomic mass is 10.1. The molecule has 0 unspecified atom stereocenters. The molecule has 128 valence electrons. The summed E-state index contributed by atoms with van der Waals surface area (Å²) in [5, 5.41) is 6.86. The lowest BCUT2D eigenvalue weighted by molar-refractivity contribution is -0.115. The zero-order valence-corrected chi connectivity index (χ0v) is 13.2. The van der Waals surface area contributed by atoms with Crippen molar-refractivity contribution in [1.29, 1.82) is 0 Å². The number of rotatable bonds is 5. The molecular weight excluding hydrogens is 316 g/mol. The Morgan fingerprint density at radius 1 is 1.38 bits per heavy atom. The van der Waals surface area contributed by atoms with Crippen LogP contribution in [0.4, 0.5) is 14.5 Å². The molecule has 0 spiro atoms. The van der Waals surface area contributed by atoms with Gasteiger partial charge in [-0.3, -0.25) is 9.48 Å². The summed E-state index contributed by atoms with van der Waals surface area (Å²) in [5.41, 5.74) is 0.690. The van der Waals surface area contributed by atoms with Crippen molar-refractivity contribution in [2.45, 2.75) is 38.3 Å². The van der Waals surface area contributed by atoms with Gasteiger partial charge in [0.15, 0.2) is 0 Å². The van der Waals surface area contributed by atoms with Crippen molar-refractivity contribution in [2.24, 2.45) is 0 Å². The Hall–Kier alpha value is -2.28. The first kappa shape index (κ1) is 16.6. The second kappa shape index (κ2) is 7.53. The van der Waals surface area contributed by atoms with Gasteiger partial charge in [-0.15, -0.1) is 0 Å². The maximum atomic E-state index is 13.6. The maximum absolute atomic E-state index is 13.6. The Kier molecular flexibility index (Phi) is 5.20. The van der Waals surface area contributed by atoms with E-state index in [2.05, 4.69) is 10.4 Å². The van der Waals surface area contributed by atoms with Gasteiger partial charge in [0.25, 0.3) is 0 Å². The van der Waals surface area contributed by atoms with E-state index in [0.717, 1.165) is 38.0 Å². The number of ether oxygens (including phenoxy) is 1. The molecule has 1 atom stereocenters. The van der Waals surface area contributed by atoms with E-state index in [-0.39, 0.29) is 24.0 Å². The van der Waals surface area contributed by atoms with Crippen LogP contribution in [-0.4, -0.2) is 28.4 Å². The fraction of sp³-hybridized carbons (Fsp3) is 0.412. The van der Waals surface area contributed by atoms with Crippen molar-refractivity contribution in [3.8, 4) is 0 Å². The predicted molar refractivity (Wildman–Crippen MR) is 84.5 cm³/mol. The number of halogens is 2. The van der Waals surface area contributed by atoms with Crippen molar-refractivity contribution < 1.29 is 18.3 Å². The van der Waals surface area contributed by atoms with Crippen LogP contribution in [0.2, 0.25) is 0 Å². The summed E-state index contributed by atoms with van der Waals surface area (Å²) in [7, 11) is 0. The van der Waals surface area contributed by atoms with Crippen molar-refractivity contribution in [3.63, 3.8) is 0 Å². The third-order valence-electron chi connectivity index (χ3n) is 3.95. The van der Waals surface area contributed by atoms with E-state index >= 15 is 0 Å². The fourth-order valence-electron chi connectivity index (χ4n) is 2.73. The van der Waals surface area contributed by atoms with E-state index in [1.807, 2.05) is 0 Å². The number of nitrogens with one attached hydrogen (secondary N) is 1. The summed E-state index contributed by atoms with van der Waals surface area (Å²) in [6.45, 7) is 1.42. The highest BCUT2D eigenvalue weighted by Crippen LogP contribution is 2.16. The van der Waals surface area contributed by atoms with Crippen LogP contribution in [0.25, 0.3) is 0 Å². The molecule has 3 rings (SSSR count).